The minimum atomic E-state index is -3.67. The van der Waals surface area contributed by atoms with Crippen LogP contribution in [0, 0.1) is 0 Å². The average Bonchev–Trinajstić information content (AvgIpc) is 2.95. The van der Waals surface area contributed by atoms with E-state index in [1.165, 1.54) is 0 Å². The molecule has 5 rings (SSSR count). The summed E-state index contributed by atoms with van der Waals surface area (Å²) in [5.74, 6) is 0. The van der Waals surface area contributed by atoms with E-state index in [9.17, 15) is 0 Å². The topological polar surface area (TPSA) is 50.3 Å². The molecule has 4 nitrogen and oxygen atoms in total. The zero-order valence-corrected chi connectivity index (χ0v) is 20.8. The van der Waals surface area contributed by atoms with Crippen LogP contribution in [0.4, 0.5) is 5.69 Å². The molecular formula is C29H24N2O2P2. The smallest absolute Gasteiger partial charge is 0.235 e. The second-order valence-corrected chi connectivity index (χ2v) is 13.5. The predicted octanol–water partition coefficient (Wildman–Crippen LogP) is 5.75. The maximum Gasteiger partial charge on any atom is 0.235 e. The molecule has 0 saturated carbocycles. The Bertz CT molecular complexity index is 1300. The number of pyridine rings is 1. The van der Waals surface area contributed by atoms with Crippen molar-refractivity contribution >= 4 is 41.5 Å². The van der Waals surface area contributed by atoms with E-state index in [1.54, 1.807) is 29.0 Å². The van der Waals surface area contributed by atoms with Crippen molar-refractivity contribution in [1.29, 1.82) is 0 Å². The van der Waals surface area contributed by atoms with Gasteiger partial charge in [-0.3, -0.25) is 18.6 Å². The lowest BCUT2D eigenvalue weighted by Crippen LogP contribution is -2.37. The van der Waals surface area contributed by atoms with E-state index >= 15 is 9.13 Å². The van der Waals surface area contributed by atoms with Crippen molar-refractivity contribution in [3.05, 3.63) is 146 Å². The Labute approximate surface area is 205 Å². The van der Waals surface area contributed by atoms with Crippen LogP contribution in [-0.4, -0.2) is 4.98 Å². The van der Waals surface area contributed by atoms with Crippen LogP contribution in [0.3, 0.4) is 0 Å². The maximum absolute atomic E-state index is 15.6. The van der Waals surface area contributed by atoms with Crippen LogP contribution in [-0.2, 0) is 9.13 Å². The molecular weight excluding hydrogens is 470 g/mol. The first-order valence-electron chi connectivity index (χ1n) is 11.3. The van der Waals surface area contributed by atoms with Gasteiger partial charge in [0.1, 0.15) is 0 Å². The highest BCUT2D eigenvalue weighted by molar-refractivity contribution is 7.96. The fourth-order valence-electron chi connectivity index (χ4n) is 4.24. The minimum Gasteiger partial charge on any atom is -0.289 e. The van der Waals surface area contributed by atoms with Gasteiger partial charge in [-0.15, -0.1) is 0 Å². The van der Waals surface area contributed by atoms with E-state index in [-0.39, 0.29) is 0 Å². The molecule has 0 N–H and O–H groups in total. The molecule has 0 amide bonds. The fraction of sp³-hybridized carbons (Fsp3) is 0. The van der Waals surface area contributed by atoms with Crippen molar-refractivity contribution in [3.8, 4) is 0 Å². The molecule has 35 heavy (non-hydrogen) atoms. The van der Waals surface area contributed by atoms with Gasteiger partial charge in [0.2, 0.25) is 14.6 Å². The number of aromatic nitrogens is 1. The highest BCUT2D eigenvalue weighted by Gasteiger charge is 2.47. The van der Waals surface area contributed by atoms with Gasteiger partial charge in [-0.05, 0) is 60.7 Å². The first-order chi connectivity index (χ1) is 17.1. The van der Waals surface area contributed by atoms with Crippen LogP contribution in [0.15, 0.2) is 146 Å². The number of anilines is 1. The van der Waals surface area contributed by atoms with E-state index in [0.717, 1.165) is 0 Å². The van der Waals surface area contributed by atoms with Crippen LogP contribution >= 0.6 is 14.6 Å². The Morgan fingerprint density at radius 1 is 0.429 bits per heavy atom. The Hall–Kier alpha value is -3.71. The summed E-state index contributed by atoms with van der Waals surface area (Å²) in [6.45, 7) is 0. The van der Waals surface area contributed by atoms with Crippen molar-refractivity contribution in [2.24, 2.45) is 0 Å². The molecule has 5 aromatic rings. The first kappa shape index (κ1) is 23.1. The molecule has 0 unspecified atom stereocenters. The van der Waals surface area contributed by atoms with E-state index in [4.69, 9.17) is 0 Å². The monoisotopic (exact) mass is 494 g/mol. The lowest BCUT2D eigenvalue weighted by Gasteiger charge is -2.40. The number of nitrogens with zero attached hydrogens (tertiary/aromatic N) is 2. The number of hydrogen-bond acceptors (Lipinski definition) is 3. The summed E-state index contributed by atoms with van der Waals surface area (Å²) in [7, 11) is -7.33. The Kier molecular flexibility index (Phi) is 6.51. The summed E-state index contributed by atoms with van der Waals surface area (Å²) < 4.78 is 33.0. The van der Waals surface area contributed by atoms with E-state index in [2.05, 4.69) is 4.98 Å². The standard InChI is InChI=1S/C29H24N2O2P2/c32-34(26-13-5-1-6-14-26,27-15-7-2-8-16-27)31(25-21-23-30-24-22-25)35(33,28-17-9-3-10-18-28)29-19-11-4-12-20-29/h1-24H. The van der Waals surface area contributed by atoms with Gasteiger partial charge in [-0.2, -0.15) is 0 Å². The average molecular weight is 494 g/mol. The summed E-state index contributed by atoms with van der Waals surface area (Å²) in [6, 6.07) is 40.8. The predicted molar refractivity (Wildman–Crippen MR) is 146 cm³/mol. The second kappa shape index (κ2) is 9.88. The Morgan fingerprint density at radius 2 is 0.714 bits per heavy atom. The quantitative estimate of drug-likeness (QED) is 0.271. The Morgan fingerprint density at radius 3 is 1.00 bits per heavy atom. The van der Waals surface area contributed by atoms with Crippen molar-refractivity contribution in [3.63, 3.8) is 0 Å². The number of benzene rings is 4. The van der Waals surface area contributed by atoms with Gasteiger partial charge in [0.15, 0.2) is 0 Å². The van der Waals surface area contributed by atoms with E-state index in [0.29, 0.717) is 26.9 Å². The molecule has 1 aromatic heterocycles. The molecule has 4 aromatic carbocycles. The summed E-state index contributed by atoms with van der Waals surface area (Å²) in [4.78, 5) is 4.18. The molecule has 0 spiro atoms. The van der Waals surface area contributed by atoms with Crippen LogP contribution in [0.1, 0.15) is 0 Å². The molecule has 6 heteroatoms. The molecule has 0 aliphatic carbocycles. The Balaban J connectivity index is 1.92. The fourth-order valence-corrected chi connectivity index (χ4v) is 11.6. The number of rotatable bonds is 7. The molecule has 0 bridgehead atoms. The summed E-state index contributed by atoms with van der Waals surface area (Å²) in [5.41, 5.74) is 0.576. The molecule has 172 valence electrons. The van der Waals surface area contributed by atoms with Gasteiger partial charge >= 0.3 is 0 Å². The van der Waals surface area contributed by atoms with Crippen molar-refractivity contribution in [1.82, 2.24) is 4.98 Å². The zero-order chi connectivity index (χ0) is 24.1. The van der Waals surface area contributed by atoms with Gasteiger partial charge in [0.05, 0.1) is 5.69 Å². The van der Waals surface area contributed by atoms with Crippen LogP contribution in [0.25, 0.3) is 0 Å². The van der Waals surface area contributed by atoms with Gasteiger partial charge < -0.3 is 0 Å². The van der Waals surface area contributed by atoms with Gasteiger partial charge in [-0.1, -0.05) is 72.8 Å². The molecule has 0 saturated heterocycles. The minimum absolute atomic E-state index is 0.576. The first-order valence-corrected chi connectivity index (χ1v) is 14.6. The van der Waals surface area contributed by atoms with Crippen molar-refractivity contribution < 1.29 is 9.13 Å². The summed E-state index contributed by atoms with van der Waals surface area (Å²) in [6.07, 6.45) is 3.28. The third-order valence-electron chi connectivity index (χ3n) is 5.85. The van der Waals surface area contributed by atoms with Crippen LogP contribution in [0.5, 0.6) is 0 Å². The molecule has 1 heterocycles. The van der Waals surface area contributed by atoms with E-state index < -0.39 is 14.6 Å². The molecule has 0 radical (unpaired) electrons. The van der Waals surface area contributed by atoms with Gasteiger partial charge in [0, 0.05) is 33.6 Å². The van der Waals surface area contributed by atoms with E-state index in [1.807, 2.05) is 121 Å². The zero-order valence-electron chi connectivity index (χ0n) is 19.0. The molecule has 0 atom stereocenters. The largest absolute Gasteiger partial charge is 0.289 e. The molecule has 0 fully saturated rings. The third kappa shape index (κ3) is 4.17. The van der Waals surface area contributed by atoms with Crippen molar-refractivity contribution in [2.75, 3.05) is 4.44 Å². The highest BCUT2D eigenvalue weighted by atomic mass is 31.2. The normalized spacial score (nSPS) is 11.7. The molecule has 0 aliphatic rings. The number of hydrogen-bond donors (Lipinski definition) is 0. The van der Waals surface area contributed by atoms with Gasteiger partial charge in [0.25, 0.3) is 0 Å². The molecule has 0 aliphatic heterocycles. The lowest BCUT2D eigenvalue weighted by atomic mass is 10.4. The van der Waals surface area contributed by atoms with Crippen molar-refractivity contribution in [2.45, 2.75) is 0 Å². The van der Waals surface area contributed by atoms with Crippen LogP contribution < -0.4 is 25.7 Å². The second-order valence-electron chi connectivity index (χ2n) is 7.99. The maximum atomic E-state index is 15.6. The van der Waals surface area contributed by atoms with Crippen LogP contribution in [0.2, 0.25) is 0 Å². The highest BCUT2D eigenvalue weighted by Crippen LogP contribution is 2.65. The summed E-state index contributed by atoms with van der Waals surface area (Å²) in [5, 5.41) is 2.43. The lowest BCUT2D eigenvalue weighted by molar-refractivity contribution is 0.579. The third-order valence-corrected chi connectivity index (χ3v) is 12.9. The SMILES string of the molecule is O=P(c1ccccc1)(c1ccccc1)N(c1ccncc1)P(=O)(c1ccccc1)c1ccccc1. The van der Waals surface area contributed by atoms with Gasteiger partial charge in [-0.25, -0.2) is 0 Å². The summed E-state index contributed by atoms with van der Waals surface area (Å²) >= 11 is 0.